The van der Waals surface area contributed by atoms with Crippen LogP contribution in [-0.2, 0) is 4.79 Å². The summed E-state index contributed by atoms with van der Waals surface area (Å²) < 4.78 is 40.5. The number of hydrogen-bond donors (Lipinski definition) is 2. The summed E-state index contributed by atoms with van der Waals surface area (Å²) in [5.41, 5.74) is 0. The lowest BCUT2D eigenvalue weighted by Crippen LogP contribution is -2.44. The molecule has 5 nitrogen and oxygen atoms in total. The van der Waals surface area contributed by atoms with Crippen LogP contribution in [0, 0.1) is 0 Å². The van der Waals surface area contributed by atoms with Gasteiger partial charge in [-0.15, -0.1) is 0 Å². The molecule has 0 aliphatic heterocycles. The predicted octanol–water partition coefficient (Wildman–Crippen LogP) is 2.76. The van der Waals surface area contributed by atoms with Crippen molar-refractivity contribution >= 4 is 35.1 Å². The highest BCUT2D eigenvalue weighted by atomic mass is 35.5. The van der Waals surface area contributed by atoms with Crippen LogP contribution in [0.3, 0.4) is 0 Å². The molecule has 1 rings (SSSR count). The normalized spacial score (nSPS) is 10.9. The second-order valence-corrected chi connectivity index (χ2v) is 4.55. The number of carbonyl (C=O) groups is 2. The van der Waals surface area contributed by atoms with Gasteiger partial charge in [0.2, 0.25) is 0 Å². The van der Waals surface area contributed by atoms with Gasteiger partial charge in [0.05, 0.1) is 5.02 Å². The number of benzene rings is 1. The zero-order valence-electron chi connectivity index (χ0n) is 10.3. The second kappa shape index (κ2) is 7.37. The van der Waals surface area contributed by atoms with Crippen molar-refractivity contribution in [3.8, 4) is 5.75 Å². The van der Waals surface area contributed by atoms with Crippen molar-refractivity contribution < 1.29 is 27.5 Å². The minimum atomic E-state index is -4.56. The van der Waals surface area contributed by atoms with Crippen molar-refractivity contribution in [2.24, 2.45) is 0 Å². The van der Waals surface area contributed by atoms with E-state index < -0.39 is 31.3 Å². The van der Waals surface area contributed by atoms with Gasteiger partial charge in [0.1, 0.15) is 12.3 Å². The summed E-state index contributed by atoms with van der Waals surface area (Å²) in [5.74, 6) is -0.785. The first-order valence-corrected chi connectivity index (χ1v) is 6.15. The fraction of sp³-hybridized carbons (Fsp3) is 0.273. The van der Waals surface area contributed by atoms with Crippen LogP contribution in [-0.4, -0.2) is 31.3 Å². The topological polar surface area (TPSA) is 67.4 Å². The highest BCUT2D eigenvalue weighted by molar-refractivity contribution is 6.35. The molecule has 0 aliphatic rings. The summed E-state index contributed by atoms with van der Waals surface area (Å²) in [6.45, 7) is -2.14. The molecule has 116 valence electrons. The van der Waals surface area contributed by atoms with Crippen molar-refractivity contribution in [1.29, 1.82) is 0 Å². The van der Waals surface area contributed by atoms with Gasteiger partial charge in [-0.05, 0) is 18.2 Å². The molecule has 0 atom stereocenters. The summed E-state index contributed by atoms with van der Waals surface area (Å²) in [7, 11) is 0. The number of hydrogen-bond acceptors (Lipinski definition) is 3. The quantitative estimate of drug-likeness (QED) is 0.882. The molecule has 10 heteroatoms. The maximum Gasteiger partial charge on any atom is 0.405 e. The van der Waals surface area contributed by atoms with E-state index in [0.29, 0.717) is 5.02 Å². The van der Waals surface area contributed by atoms with E-state index in [1.807, 2.05) is 0 Å². The summed E-state index contributed by atoms with van der Waals surface area (Å²) in [6.07, 6.45) is -4.56. The molecular formula is C11H9Cl2F3N2O3. The largest absolute Gasteiger partial charge is 0.482 e. The number of urea groups is 1. The molecule has 2 N–H and O–H groups in total. The third kappa shape index (κ3) is 7.05. The van der Waals surface area contributed by atoms with Crippen LogP contribution in [0.2, 0.25) is 10.0 Å². The van der Waals surface area contributed by atoms with E-state index in [1.54, 1.807) is 5.32 Å². The van der Waals surface area contributed by atoms with Gasteiger partial charge in [0.25, 0.3) is 5.91 Å². The number of imide groups is 1. The van der Waals surface area contributed by atoms with Gasteiger partial charge in [-0.3, -0.25) is 10.1 Å². The fourth-order valence-corrected chi connectivity index (χ4v) is 1.59. The van der Waals surface area contributed by atoms with Gasteiger partial charge in [-0.2, -0.15) is 13.2 Å². The number of halogens is 5. The summed E-state index contributed by atoms with van der Waals surface area (Å²) in [6, 6.07) is 2.98. The molecule has 0 aliphatic carbocycles. The molecule has 3 amide bonds. The minimum absolute atomic E-state index is 0.145. The standard InChI is InChI=1S/C11H9Cl2F3N2O3/c12-6-1-2-8(7(13)3-6)21-4-9(19)18-10(20)17-5-11(14,15)16/h1-3H,4-5H2,(H2,17,18,19,20). The Hall–Kier alpha value is -1.67. The lowest BCUT2D eigenvalue weighted by Gasteiger charge is -2.10. The van der Waals surface area contributed by atoms with Crippen molar-refractivity contribution in [1.82, 2.24) is 10.6 Å². The molecule has 0 radical (unpaired) electrons. The van der Waals surface area contributed by atoms with E-state index in [1.165, 1.54) is 23.5 Å². The summed E-state index contributed by atoms with van der Waals surface area (Å²) in [5, 5.41) is 3.66. The molecule has 0 saturated heterocycles. The Kier molecular flexibility index (Phi) is 6.10. The van der Waals surface area contributed by atoms with Crippen molar-refractivity contribution in [2.75, 3.05) is 13.2 Å². The van der Waals surface area contributed by atoms with E-state index in [-0.39, 0.29) is 10.8 Å². The Bertz CT molecular complexity index is 538. The molecule has 1 aromatic rings. The van der Waals surface area contributed by atoms with Gasteiger partial charge >= 0.3 is 12.2 Å². The maximum absolute atomic E-state index is 11.8. The first-order valence-electron chi connectivity index (χ1n) is 5.39. The Morgan fingerprint density at radius 1 is 1.24 bits per heavy atom. The van der Waals surface area contributed by atoms with Crippen LogP contribution >= 0.6 is 23.2 Å². The van der Waals surface area contributed by atoms with E-state index in [4.69, 9.17) is 27.9 Å². The Balaban J connectivity index is 2.39. The number of amides is 3. The molecule has 1 aromatic carbocycles. The van der Waals surface area contributed by atoms with Crippen LogP contribution in [0.4, 0.5) is 18.0 Å². The van der Waals surface area contributed by atoms with E-state index >= 15 is 0 Å². The molecule has 0 unspecified atom stereocenters. The van der Waals surface area contributed by atoms with Crippen LogP contribution in [0.15, 0.2) is 18.2 Å². The number of alkyl halides is 3. The van der Waals surface area contributed by atoms with Crippen LogP contribution in [0.25, 0.3) is 0 Å². The minimum Gasteiger partial charge on any atom is -0.482 e. The van der Waals surface area contributed by atoms with Gasteiger partial charge in [0.15, 0.2) is 6.61 Å². The zero-order chi connectivity index (χ0) is 16.0. The molecule has 0 aromatic heterocycles. The van der Waals surface area contributed by atoms with Crippen molar-refractivity contribution in [3.63, 3.8) is 0 Å². The Morgan fingerprint density at radius 3 is 2.48 bits per heavy atom. The number of nitrogens with one attached hydrogen (secondary N) is 2. The molecule has 0 bridgehead atoms. The molecule has 0 heterocycles. The summed E-state index contributed by atoms with van der Waals surface area (Å²) >= 11 is 11.4. The second-order valence-electron chi connectivity index (χ2n) is 3.71. The number of ether oxygens (including phenoxy) is 1. The van der Waals surface area contributed by atoms with E-state index in [0.717, 1.165) is 0 Å². The number of rotatable bonds is 4. The van der Waals surface area contributed by atoms with Crippen molar-refractivity contribution in [3.05, 3.63) is 28.2 Å². The van der Waals surface area contributed by atoms with Gasteiger partial charge in [-0.1, -0.05) is 23.2 Å². The SMILES string of the molecule is O=C(COc1ccc(Cl)cc1Cl)NC(=O)NCC(F)(F)F. The van der Waals surface area contributed by atoms with E-state index in [2.05, 4.69) is 0 Å². The molecule has 0 spiro atoms. The lowest BCUT2D eigenvalue weighted by molar-refractivity contribution is -0.125. The Morgan fingerprint density at radius 2 is 1.90 bits per heavy atom. The monoisotopic (exact) mass is 344 g/mol. The van der Waals surface area contributed by atoms with Gasteiger partial charge in [0, 0.05) is 5.02 Å². The van der Waals surface area contributed by atoms with E-state index in [9.17, 15) is 22.8 Å². The van der Waals surface area contributed by atoms with Crippen LogP contribution in [0.5, 0.6) is 5.75 Å². The first kappa shape index (κ1) is 17.4. The lowest BCUT2D eigenvalue weighted by atomic mass is 10.3. The van der Waals surface area contributed by atoms with Gasteiger partial charge < -0.3 is 10.1 Å². The number of carbonyl (C=O) groups excluding carboxylic acids is 2. The summed E-state index contributed by atoms with van der Waals surface area (Å²) in [4.78, 5) is 22.3. The van der Waals surface area contributed by atoms with Gasteiger partial charge in [-0.25, -0.2) is 4.79 Å². The maximum atomic E-state index is 11.8. The Labute approximate surface area is 127 Å². The first-order chi connectivity index (χ1) is 9.67. The van der Waals surface area contributed by atoms with Crippen LogP contribution in [0.1, 0.15) is 0 Å². The average Bonchev–Trinajstić information content (AvgIpc) is 2.34. The third-order valence-electron chi connectivity index (χ3n) is 1.96. The molecule has 21 heavy (non-hydrogen) atoms. The van der Waals surface area contributed by atoms with Crippen molar-refractivity contribution in [2.45, 2.75) is 6.18 Å². The predicted molar refractivity (Wildman–Crippen MR) is 69.6 cm³/mol. The highest BCUT2D eigenvalue weighted by Gasteiger charge is 2.27. The highest BCUT2D eigenvalue weighted by Crippen LogP contribution is 2.27. The smallest absolute Gasteiger partial charge is 0.405 e. The molecule has 0 fully saturated rings. The third-order valence-corrected chi connectivity index (χ3v) is 2.49. The average molecular weight is 345 g/mol. The fourth-order valence-electron chi connectivity index (χ4n) is 1.12. The molecule has 0 saturated carbocycles. The van der Waals surface area contributed by atoms with Crippen LogP contribution < -0.4 is 15.4 Å². The zero-order valence-corrected chi connectivity index (χ0v) is 11.8. The molecular weight excluding hydrogens is 336 g/mol.